The zero-order chi connectivity index (χ0) is 13.3. The number of carbonyl (C=O) groups is 2. The maximum absolute atomic E-state index is 11.9. The van der Waals surface area contributed by atoms with Gasteiger partial charge in [-0.1, -0.05) is 12.1 Å². The van der Waals surface area contributed by atoms with Crippen LogP contribution in [0.1, 0.15) is 19.4 Å². The first-order valence-corrected chi connectivity index (χ1v) is 5.85. The Hall–Kier alpha value is -2.04. The van der Waals surface area contributed by atoms with E-state index in [9.17, 15) is 9.59 Å². The highest BCUT2D eigenvalue weighted by Crippen LogP contribution is 2.17. The van der Waals surface area contributed by atoms with E-state index < -0.39 is 5.54 Å². The lowest BCUT2D eigenvalue weighted by Crippen LogP contribution is -2.41. The minimum Gasteiger partial charge on any atom is -0.367 e. The Labute approximate surface area is 106 Å². The van der Waals surface area contributed by atoms with Crippen LogP contribution in [0, 0.1) is 6.92 Å². The van der Waals surface area contributed by atoms with Crippen LogP contribution in [0.25, 0.3) is 0 Å². The van der Waals surface area contributed by atoms with Crippen LogP contribution < -0.4 is 10.6 Å². The largest absolute Gasteiger partial charge is 0.367 e. The molecule has 1 aliphatic heterocycles. The van der Waals surface area contributed by atoms with E-state index in [0.29, 0.717) is 0 Å². The first-order chi connectivity index (χ1) is 8.40. The summed E-state index contributed by atoms with van der Waals surface area (Å²) in [6.07, 6.45) is 0. The molecule has 2 N–H and O–H groups in total. The number of amides is 3. The Morgan fingerprint density at radius 1 is 1.33 bits per heavy atom. The van der Waals surface area contributed by atoms with Crippen LogP contribution in [0.2, 0.25) is 0 Å². The van der Waals surface area contributed by atoms with Crippen LogP contribution in [0.4, 0.5) is 10.5 Å². The van der Waals surface area contributed by atoms with Crippen molar-refractivity contribution < 1.29 is 9.59 Å². The molecule has 5 heteroatoms. The number of hydrogen-bond acceptors (Lipinski definition) is 3. The first kappa shape index (κ1) is 12.4. The number of urea groups is 1. The summed E-state index contributed by atoms with van der Waals surface area (Å²) < 4.78 is 0. The summed E-state index contributed by atoms with van der Waals surface area (Å²) in [6, 6.07) is 7.42. The summed E-state index contributed by atoms with van der Waals surface area (Å²) in [6.45, 7) is 5.55. The minimum absolute atomic E-state index is 0.178. The van der Waals surface area contributed by atoms with Gasteiger partial charge in [-0.05, 0) is 38.5 Å². The second kappa shape index (κ2) is 4.33. The number of hydrogen-bond donors (Lipinski definition) is 2. The smallest absolute Gasteiger partial charge is 0.326 e. The van der Waals surface area contributed by atoms with Crippen LogP contribution >= 0.6 is 0 Å². The maximum Gasteiger partial charge on any atom is 0.326 e. The fourth-order valence-electron chi connectivity index (χ4n) is 1.89. The van der Waals surface area contributed by atoms with Gasteiger partial charge in [-0.25, -0.2) is 9.69 Å². The van der Waals surface area contributed by atoms with Gasteiger partial charge < -0.3 is 10.6 Å². The molecule has 3 amide bonds. The van der Waals surface area contributed by atoms with Gasteiger partial charge in [-0.3, -0.25) is 4.79 Å². The highest BCUT2D eigenvalue weighted by atomic mass is 16.2. The molecule has 96 valence electrons. The first-order valence-electron chi connectivity index (χ1n) is 5.85. The lowest BCUT2D eigenvalue weighted by Gasteiger charge is -2.17. The normalized spacial score (nSPS) is 17.8. The summed E-state index contributed by atoms with van der Waals surface area (Å²) in [5.74, 6) is -0.215. The Kier molecular flexibility index (Phi) is 2.98. The van der Waals surface area contributed by atoms with Gasteiger partial charge in [0, 0.05) is 5.69 Å². The number of rotatable bonds is 3. The monoisotopic (exact) mass is 247 g/mol. The summed E-state index contributed by atoms with van der Waals surface area (Å²) >= 11 is 0. The molecular formula is C13H17N3O2. The van der Waals surface area contributed by atoms with E-state index in [1.807, 2.05) is 31.2 Å². The molecule has 0 aliphatic carbocycles. The number of anilines is 1. The summed E-state index contributed by atoms with van der Waals surface area (Å²) in [5.41, 5.74) is 1.20. The number of nitrogens with one attached hydrogen (secondary N) is 2. The summed E-state index contributed by atoms with van der Waals surface area (Å²) in [5, 5.41) is 5.71. The number of aryl methyl sites for hydroxylation is 1. The molecule has 0 atom stereocenters. The molecule has 0 radical (unpaired) electrons. The number of nitrogens with zero attached hydrogens (tertiary/aromatic N) is 1. The van der Waals surface area contributed by atoms with Crippen molar-refractivity contribution in [1.29, 1.82) is 0 Å². The Morgan fingerprint density at radius 3 is 2.61 bits per heavy atom. The van der Waals surface area contributed by atoms with Crippen molar-refractivity contribution in [2.24, 2.45) is 0 Å². The third-order valence-corrected chi connectivity index (χ3v) is 2.90. The molecular weight excluding hydrogens is 230 g/mol. The Bertz CT molecular complexity index is 497. The molecule has 1 aromatic rings. The van der Waals surface area contributed by atoms with Gasteiger partial charge in [0.2, 0.25) is 0 Å². The average Bonchev–Trinajstić information content (AvgIpc) is 2.46. The van der Waals surface area contributed by atoms with Crippen molar-refractivity contribution in [2.45, 2.75) is 26.3 Å². The molecule has 2 rings (SSSR count). The van der Waals surface area contributed by atoms with Crippen molar-refractivity contribution in [3.8, 4) is 0 Å². The molecule has 0 spiro atoms. The molecule has 1 saturated heterocycles. The molecule has 1 heterocycles. The number of carbonyl (C=O) groups excluding carboxylic acids is 2. The van der Waals surface area contributed by atoms with Gasteiger partial charge in [0.15, 0.2) is 0 Å². The third kappa shape index (κ3) is 2.30. The zero-order valence-electron chi connectivity index (χ0n) is 10.8. The van der Waals surface area contributed by atoms with E-state index in [4.69, 9.17) is 0 Å². The quantitative estimate of drug-likeness (QED) is 0.799. The predicted octanol–water partition coefficient (Wildman–Crippen LogP) is 1.69. The fraction of sp³-hybridized carbons (Fsp3) is 0.385. The topological polar surface area (TPSA) is 61.4 Å². The predicted molar refractivity (Wildman–Crippen MR) is 69.1 cm³/mol. The molecule has 5 nitrogen and oxygen atoms in total. The van der Waals surface area contributed by atoms with Gasteiger partial charge >= 0.3 is 6.03 Å². The Balaban J connectivity index is 2.03. The summed E-state index contributed by atoms with van der Waals surface area (Å²) in [7, 11) is 0. The van der Waals surface area contributed by atoms with Crippen molar-refractivity contribution in [3.05, 3.63) is 29.8 Å². The van der Waals surface area contributed by atoms with E-state index in [2.05, 4.69) is 10.6 Å². The van der Waals surface area contributed by atoms with Gasteiger partial charge in [0.25, 0.3) is 5.91 Å². The van der Waals surface area contributed by atoms with Gasteiger partial charge in [-0.2, -0.15) is 0 Å². The fourth-order valence-corrected chi connectivity index (χ4v) is 1.89. The molecule has 0 aromatic heterocycles. The van der Waals surface area contributed by atoms with Gasteiger partial charge in [0.05, 0.1) is 6.67 Å². The van der Waals surface area contributed by atoms with Crippen LogP contribution in [0.3, 0.4) is 0 Å². The van der Waals surface area contributed by atoms with E-state index >= 15 is 0 Å². The van der Waals surface area contributed by atoms with E-state index in [0.717, 1.165) is 11.3 Å². The third-order valence-electron chi connectivity index (χ3n) is 2.90. The second-order valence-corrected chi connectivity index (χ2v) is 4.99. The highest BCUT2D eigenvalue weighted by molar-refractivity contribution is 6.06. The van der Waals surface area contributed by atoms with Gasteiger partial charge in [-0.15, -0.1) is 0 Å². The zero-order valence-corrected chi connectivity index (χ0v) is 10.8. The van der Waals surface area contributed by atoms with Crippen molar-refractivity contribution in [2.75, 3.05) is 12.0 Å². The van der Waals surface area contributed by atoms with Crippen LogP contribution in [-0.4, -0.2) is 29.0 Å². The molecule has 18 heavy (non-hydrogen) atoms. The van der Waals surface area contributed by atoms with Gasteiger partial charge in [0.1, 0.15) is 5.54 Å². The standard InChI is InChI=1S/C13H17N3O2/c1-9-5-4-6-10(7-9)14-8-16-11(17)13(2,3)15-12(16)18/h4-7,14H,8H2,1-3H3,(H,15,18). The van der Waals surface area contributed by atoms with Crippen molar-refractivity contribution in [3.63, 3.8) is 0 Å². The second-order valence-electron chi connectivity index (χ2n) is 4.99. The van der Waals surface area contributed by atoms with E-state index in [-0.39, 0.29) is 18.6 Å². The Morgan fingerprint density at radius 2 is 2.06 bits per heavy atom. The molecule has 1 fully saturated rings. The molecule has 1 aliphatic rings. The van der Waals surface area contributed by atoms with E-state index in [1.54, 1.807) is 13.8 Å². The number of benzene rings is 1. The van der Waals surface area contributed by atoms with Crippen molar-refractivity contribution in [1.82, 2.24) is 10.2 Å². The SMILES string of the molecule is Cc1cccc(NCN2C(=O)NC(C)(C)C2=O)c1. The van der Waals surface area contributed by atoms with Crippen LogP contribution in [0.15, 0.2) is 24.3 Å². The molecule has 0 unspecified atom stereocenters. The van der Waals surface area contributed by atoms with Crippen LogP contribution in [-0.2, 0) is 4.79 Å². The molecule has 0 bridgehead atoms. The van der Waals surface area contributed by atoms with Crippen LogP contribution in [0.5, 0.6) is 0 Å². The number of imide groups is 1. The maximum atomic E-state index is 11.9. The lowest BCUT2D eigenvalue weighted by atomic mass is 10.1. The lowest BCUT2D eigenvalue weighted by molar-refractivity contribution is -0.129. The molecule has 1 aromatic carbocycles. The summed E-state index contributed by atoms with van der Waals surface area (Å²) in [4.78, 5) is 24.8. The van der Waals surface area contributed by atoms with Crippen molar-refractivity contribution >= 4 is 17.6 Å². The molecule has 0 saturated carbocycles. The highest BCUT2D eigenvalue weighted by Gasteiger charge is 2.43. The minimum atomic E-state index is -0.814. The average molecular weight is 247 g/mol. The van der Waals surface area contributed by atoms with E-state index in [1.165, 1.54) is 4.90 Å².